The second kappa shape index (κ2) is 9.88. The van der Waals surface area contributed by atoms with Crippen LogP contribution in [0.3, 0.4) is 0 Å². The molecule has 0 aliphatic carbocycles. The molecule has 0 saturated heterocycles. The monoisotopic (exact) mass is 496 g/mol. The van der Waals surface area contributed by atoms with Crippen molar-refractivity contribution in [3.63, 3.8) is 0 Å². The number of ether oxygens (including phenoxy) is 1. The van der Waals surface area contributed by atoms with Crippen molar-refractivity contribution in [2.24, 2.45) is 0 Å². The zero-order valence-corrected chi connectivity index (χ0v) is 20.6. The number of aryl methyl sites for hydroxylation is 2. The van der Waals surface area contributed by atoms with Gasteiger partial charge < -0.3 is 4.74 Å². The van der Waals surface area contributed by atoms with Crippen LogP contribution in [0.1, 0.15) is 11.3 Å². The highest BCUT2D eigenvalue weighted by atomic mass is 32.2. The van der Waals surface area contributed by atoms with E-state index in [1.165, 1.54) is 29.2 Å². The normalized spacial score (nSPS) is 11.5. The first-order valence-electron chi connectivity index (χ1n) is 10.5. The molecule has 0 spiro atoms. The Bertz CT molecular complexity index is 1480. The van der Waals surface area contributed by atoms with E-state index in [0.717, 1.165) is 26.7 Å². The number of hydrogen-bond donors (Lipinski definition) is 1. The zero-order chi connectivity index (χ0) is 24.3. The topological polar surface area (TPSA) is 103 Å². The highest BCUT2D eigenvalue weighted by Crippen LogP contribution is 2.33. The Morgan fingerprint density at radius 2 is 1.82 bits per heavy atom. The summed E-state index contributed by atoms with van der Waals surface area (Å²) >= 11 is 1.50. The molecule has 0 radical (unpaired) electrons. The van der Waals surface area contributed by atoms with E-state index in [9.17, 15) is 13.2 Å². The van der Waals surface area contributed by atoms with Crippen LogP contribution in [0.2, 0.25) is 0 Å². The van der Waals surface area contributed by atoms with Gasteiger partial charge >= 0.3 is 0 Å². The maximum Gasteiger partial charge on any atom is 0.266 e. The number of rotatable bonds is 8. The van der Waals surface area contributed by atoms with E-state index in [1.54, 1.807) is 31.2 Å². The van der Waals surface area contributed by atoms with Gasteiger partial charge in [-0.05, 0) is 37.6 Å². The first kappa shape index (κ1) is 23.8. The number of hydrogen-bond acceptors (Lipinski definition) is 7. The Balaban J connectivity index is 1.54. The minimum atomic E-state index is -3.83. The van der Waals surface area contributed by atoms with Gasteiger partial charge in [-0.2, -0.15) is 5.10 Å². The fraction of sp³-hybridized carbons (Fsp3) is 0.208. The molecule has 2 heterocycles. The van der Waals surface area contributed by atoms with Gasteiger partial charge in [-0.3, -0.25) is 4.79 Å². The molecule has 0 saturated carbocycles. The van der Waals surface area contributed by atoms with E-state index in [2.05, 4.69) is 14.8 Å². The summed E-state index contributed by atoms with van der Waals surface area (Å²) in [6.07, 6.45) is 0. The molecule has 0 unspecified atom stereocenters. The molecule has 0 aliphatic heterocycles. The van der Waals surface area contributed by atoms with Gasteiger partial charge in [0.15, 0.2) is 0 Å². The average molecular weight is 497 g/mol. The van der Waals surface area contributed by atoms with Gasteiger partial charge in [0.2, 0.25) is 10.0 Å². The van der Waals surface area contributed by atoms with Crippen molar-refractivity contribution in [2.45, 2.75) is 25.3 Å². The Morgan fingerprint density at radius 1 is 1.06 bits per heavy atom. The molecule has 4 rings (SSSR count). The third kappa shape index (κ3) is 5.09. The highest BCUT2D eigenvalue weighted by molar-refractivity contribution is 7.89. The fourth-order valence-corrected chi connectivity index (χ4v) is 5.74. The molecule has 0 fully saturated rings. The van der Waals surface area contributed by atoms with Crippen LogP contribution in [0.4, 0.5) is 0 Å². The van der Waals surface area contributed by atoms with Gasteiger partial charge in [-0.1, -0.05) is 36.4 Å². The number of benzene rings is 2. The molecule has 0 aliphatic rings. The van der Waals surface area contributed by atoms with E-state index in [-0.39, 0.29) is 29.3 Å². The molecular weight excluding hydrogens is 472 g/mol. The van der Waals surface area contributed by atoms with Crippen LogP contribution < -0.4 is 15.0 Å². The minimum Gasteiger partial charge on any atom is -0.495 e. The quantitative estimate of drug-likeness (QED) is 0.400. The molecule has 0 amide bonds. The van der Waals surface area contributed by atoms with Crippen LogP contribution >= 0.6 is 11.3 Å². The van der Waals surface area contributed by atoms with Crippen molar-refractivity contribution in [3.05, 3.63) is 82.3 Å². The number of aromatic nitrogens is 3. The predicted octanol–water partition coefficient (Wildman–Crippen LogP) is 3.64. The summed E-state index contributed by atoms with van der Waals surface area (Å²) in [6.45, 7) is 3.77. The average Bonchev–Trinajstić information content (AvgIpc) is 3.22. The predicted molar refractivity (Wildman–Crippen MR) is 133 cm³/mol. The molecule has 10 heteroatoms. The SMILES string of the molecule is COc1ccc(C)cc1S(=O)(=O)NCCn1nc(-c2sc(-c3ccccc3)nc2C)ccc1=O. The van der Waals surface area contributed by atoms with Gasteiger partial charge in [-0.25, -0.2) is 22.8 Å². The number of nitrogens with zero attached hydrogens (tertiary/aromatic N) is 3. The lowest BCUT2D eigenvalue weighted by molar-refractivity contribution is 0.402. The smallest absolute Gasteiger partial charge is 0.266 e. The summed E-state index contributed by atoms with van der Waals surface area (Å²) in [5.74, 6) is 0.255. The Hall–Kier alpha value is -3.34. The summed E-state index contributed by atoms with van der Waals surface area (Å²) < 4.78 is 34.6. The van der Waals surface area contributed by atoms with Crippen molar-refractivity contribution in [3.8, 4) is 26.9 Å². The third-order valence-corrected chi connectivity index (χ3v) is 7.85. The van der Waals surface area contributed by atoms with Gasteiger partial charge in [0.05, 0.1) is 24.2 Å². The Kier molecular flexibility index (Phi) is 6.92. The third-order valence-electron chi connectivity index (χ3n) is 5.14. The summed E-state index contributed by atoms with van der Waals surface area (Å²) in [7, 11) is -2.41. The van der Waals surface area contributed by atoms with E-state index >= 15 is 0 Å². The first-order valence-corrected chi connectivity index (χ1v) is 12.8. The summed E-state index contributed by atoms with van der Waals surface area (Å²) in [4.78, 5) is 17.9. The number of methoxy groups -OCH3 is 1. The second-order valence-electron chi connectivity index (χ2n) is 7.63. The van der Waals surface area contributed by atoms with Crippen LogP contribution in [0.15, 0.2) is 70.4 Å². The zero-order valence-electron chi connectivity index (χ0n) is 19.0. The number of sulfonamides is 1. The van der Waals surface area contributed by atoms with Crippen molar-refractivity contribution < 1.29 is 13.2 Å². The molecule has 0 atom stereocenters. The van der Waals surface area contributed by atoms with Crippen molar-refractivity contribution in [1.29, 1.82) is 0 Å². The van der Waals surface area contributed by atoms with E-state index in [1.807, 2.05) is 37.3 Å². The van der Waals surface area contributed by atoms with Crippen LogP contribution in [0.25, 0.3) is 21.1 Å². The largest absolute Gasteiger partial charge is 0.495 e. The summed E-state index contributed by atoms with van der Waals surface area (Å²) in [6, 6.07) is 17.9. The van der Waals surface area contributed by atoms with Crippen molar-refractivity contribution in [1.82, 2.24) is 19.5 Å². The van der Waals surface area contributed by atoms with Crippen LogP contribution in [-0.4, -0.2) is 36.8 Å². The lowest BCUT2D eigenvalue weighted by Crippen LogP contribution is -2.32. The Labute approximate surface area is 201 Å². The van der Waals surface area contributed by atoms with Crippen LogP contribution in [-0.2, 0) is 16.6 Å². The standard InChI is InChI=1S/C24H24N4O4S2/c1-16-9-11-20(32-3)21(15-16)34(30,31)25-13-14-28-22(29)12-10-19(27-28)23-17(2)26-24(33-23)18-7-5-4-6-8-18/h4-12,15,25H,13-14H2,1-3H3. The van der Waals surface area contributed by atoms with Crippen LogP contribution in [0, 0.1) is 13.8 Å². The van der Waals surface area contributed by atoms with Gasteiger partial charge in [0.25, 0.3) is 5.56 Å². The maximum absolute atomic E-state index is 12.8. The molecule has 1 N–H and O–H groups in total. The minimum absolute atomic E-state index is 0.00721. The summed E-state index contributed by atoms with van der Waals surface area (Å²) in [5, 5.41) is 5.33. The van der Waals surface area contributed by atoms with Crippen molar-refractivity contribution in [2.75, 3.05) is 13.7 Å². The molecule has 8 nitrogen and oxygen atoms in total. The van der Waals surface area contributed by atoms with Gasteiger partial charge in [-0.15, -0.1) is 11.3 Å². The molecular formula is C24H24N4O4S2. The lowest BCUT2D eigenvalue weighted by Gasteiger charge is -2.12. The second-order valence-corrected chi connectivity index (χ2v) is 10.4. The molecule has 176 valence electrons. The molecule has 2 aromatic heterocycles. The number of nitrogens with one attached hydrogen (secondary N) is 1. The fourth-order valence-electron chi connectivity index (χ4n) is 3.43. The highest BCUT2D eigenvalue weighted by Gasteiger charge is 2.20. The Morgan fingerprint density at radius 3 is 2.56 bits per heavy atom. The van der Waals surface area contributed by atoms with E-state index in [4.69, 9.17) is 4.74 Å². The first-order chi connectivity index (χ1) is 16.3. The molecule has 4 aromatic rings. The molecule has 34 heavy (non-hydrogen) atoms. The van der Waals surface area contributed by atoms with Crippen molar-refractivity contribution >= 4 is 21.4 Å². The lowest BCUT2D eigenvalue weighted by atomic mass is 10.2. The maximum atomic E-state index is 12.8. The van der Waals surface area contributed by atoms with Crippen LogP contribution in [0.5, 0.6) is 5.75 Å². The van der Waals surface area contributed by atoms with E-state index < -0.39 is 10.0 Å². The number of thiazole rings is 1. The molecule has 2 aromatic carbocycles. The summed E-state index contributed by atoms with van der Waals surface area (Å²) in [5.41, 5.74) is 2.91. The molecule has 0 bridgehead atoms. The van der Waals surface area contributed by atoms with E-state index in [0.29, 0.717) is 5.69 Å². The van der Waals surface area contributed by atoms with Gasteiger partial charge in [0, 0.05) is 18.2 Å². The van der Waals surface area contributed by atoms with Gasteiger partial charge in [0.1, 0.15) is 21.3 Å².